The van der Waals surface area contributed by atoms with Crippen molar-refractivity contribution < 1.29 is 34.7 Å². The van der Waals surface area contributed by atoms with Gasteiger partial charge in [-0.1, -0.05) is 12.1 Å². The largest absolute Gasteiger partial charge is 0.482 e. The normalized spacial score (nSPS) is 22.5. The quantitative estimate of drug-likeness (QED) is 0.231. The highest BCUT2D eigenvalue weighted by molar-refractivity contribution is 5.83. The number of nitrogens with two attached hydrogens (primary N) is 1. The summed E-state index contributed by atoms with van der Waals surface area (Å²) in [6.45, 7) is -0.374. The number of fused-ring (bicyclic) bond motifs is 1. The van der Waals surface area contributed by atoms with E-state index in [9.17, 15) is 20.1 Å². The number of carbonyl (C=O) groups is 1. The first-order valence-corrected chi connectivity index (χ1v) is 10.2. The minimum absolute atomic E-state index is 0.132. The first kappa shape index (κ1) is 22.7. The van der Waals surface area contributed by atoms with Crippen molar-refractivity contribution in [2.75, 3.05) is 30.8 Å². The Balaban J connectivity index is 1.44. The molecule has 0 bridgehead atoms. The number of hydrogen-bond donors (Lipinski definition) is 6. The Labute approximate surface area is 187 Å². The molecule has 13 nitrogen and oxygen atoms in total. The number of aliphatic hydroxyl groups is 3. The molecule has 0 spiro atoms. The van der Waals surface area contributed by atoms with Crippen LogP contribution in [0, 0.1) is 0 Å². The molecule has 4 rings (SSSR count). The molecule has 4 atom stereocenters. The molecule has 1 aliphatic rings. The number of aliphatic carboxylic acids is 1. The van der Waals surface area contributed by atoms with Crippen molar-refractivity contribution in [3.63, 3.8) is 0 Å². The van der Waals surface area contributed by atoms with Crippen LogP contribution in [0.1, 0.15) is 11.8 Å². The van der Waals surface area contributed by atoms with E-state index in [1.165, 1.54) is 10.9 Å². The van der Waals surface area contributed by atoms with E-state index in [1.807, 2.05) is 12.1 Å². The third-order valence-corrected chi connectivity index (χ3v) is 5.22. The lowest BCUT2D eigenvalue weighted by molar-refractivity contribution is -0.139. The highest BCUT2D eigenvalue weighted by Crippen LogP contribution is 2.32. The Hall–Kier alpha value is -3.52. The van der Waals surface area contributed by atoms with Gasteiger partial charge >= 0.3 is 5.97 Å². The van der Waals surface area contributed by atoms with Crippen molar-refractivity contribution >= 4 is 28.9 Å². The molecule has 1 aliphatic heterocycles. The second kappa shape index (κ2) is 9.54. The predicted molar refractivity (Wildman–Crippen MR) is 115 cm³/mol. The van der Waals surface area contributed by atoms with Gasteiger partial charge < -0.3 is 41.0 Å². The maximum atomic E-state index is 10.6. The van der Waals surface area contributed by atoms with E-state index in [2.05, 4.69) is 20.3 Å². The molecule has 0 amide bonds. The number of benzene rings is 1. The molecule has 0 aliphatic carbocycles. The first-order chi connectivity index (χ1) is 15.9. The molecule has 0 saturated carbocycles. The third-order valence-electron chi connectivity index (χ3n) is 5.22. The Morgan fingerprint density at radius 3 is 2.64 bits per heavy atom. The maximum Gasteiger partial charge on any atom is 0.341 e. The highest BCUT2D eigenvalue weighted by Gasteiger charge is 2.44. The van der Waals surface area contributed by atoms with Gasteiger partial charge in [-0.2, -0.15) is 9.97 Å². The summed E-state index contributed by atoms with van der Waals surface area (Å²) in [5.41, 5.74) is 7.62. The minimum atomic E-state index is -1.28. The van der Waals surface area contributed by atoms with Crippen LogP contribution in [-0.2, 0) is 16.0 Å². The number of carboxylic acid groups (broad SMARTS) is 1. The summed E-state index contributed by atoms with van der Waals surface area (Å²) < 4.78 is 12.1. The van der Waals surface area contributed by atoms with Crippen LogP contribution < -0.4 is 15.8 Å². The average Bonchev–Trinajstić information content (AvgIpc) is 3.34. The fourth-order valence-electron chi connectivity index (χ4n) is 3.53. The van der Waals surface area contributed by atoms with E-state index in [0.29, 0.717) is 29.9 Å². The Morgan fingerprint density at radius 1 is 1.21 bits per heavy atom. The van der Waals surface area contributed by atoms with Gasteiger partial charge in [-0.25, -0.2) is 9.78 Å². The average molecular weight is 460 g/mol. The Kier molecular flexibility index (Phi) is 6.55. The number of imidazole rings is 1. The number of nitrogens with one attached hydrogen (secondary N) is 1. The summed E-state index contributed by atoms with van der Waals surface area (Å²) in [5.74, 6) is -0.198. The molecule has 2 aromatic heterocycles. The van der Waals surface area contributed by atoms with Gasteiger partial charge in [0, 0.05) is 6.54 Å². The lowest BCUT2D eigenvalue weighted by atomic mass is 10.1. The van der Waals surface area contributed by atoms with Crippen molar-refractivity contribution in [2.24, 2.45) is 0 Å². The van der Waals surface area contributed by atoms with Crippen molar-refractivity contribution in [1.82, 2.24) is 19.5 Å². The van der Waals surface area contributed by atoms with Crippen LogP contribution in [0.3, 0.4) is 0 Å². The van der Waals surface area contributed by atoms with E-state index in [0.717, 1.165) is 5.56 Å². The number of aliphatic hydroxyl groups excluding tert-OH is 3. The number of anilines is 2. The van der Waals surface area contributed by atoms with E-state index in [1.54, 1.807) is 12.1 Å². The van der Waals surface area contributed by atoms with Gasteiger partial charge in [-0.05, 0) is 24.1 Å². The van der Waals surface area contributed by atoms with Gasteiger partial charge in [0.05, 0.1) is 12.9 Å². The van der Waals surface area contributed by atoms with Crippen LogP contribution in [0.2, 0.25) is 0 Å². The van der Waals surface area contributed by atoms with Gasteiger partial charge in [0.2, 0.25) is 5.95 Å². The van der Waals surface area contributed by atoms with Gasteiger partial charge in [0.15, 0.2) is 24.3 Å². The zero-order valence-electron chi connectivity index (χ0n) is 17.4. The molecule has 7 N–H and O–H groups in total. The minimum Gasteiger partial charge on any atom is -0.482 e. The summed E-state index contributed by atoms with van der Waals surface area (Å²) in [7, 11) is 0. The monoisotopic (exact) mass is 460 g/mol. The van der Waals surface area contributed by atoms with Gasteiger partial charge in [-0.3, -0.25) is 4.57 Å². The molecular weight excluding hydrogens is 436 g/mol. The lowest BCUT2D eigenvalue weighted by Crippen LogP contribution is -2.33. The van der Waals surface area contributed by atoms with Crippen LogP contribution in [-0.4, -0.2) is 84.0 Å². The number of aromatic nitrogens is 4. The zero-order valence-corrected chi connectivity index (χ0v) is 17.4. The molecule has 2 unspecified atom stereocenters. The molecular formula is C20H24N6O7. The molecule has 3 heterocycles. The van der Waals surface area contributed by atoms with E-state index in [-0.39, 0.29) is 11.8 Å². The van der Waals surface area contributed by atoms with Crippen LogP contribution in [0.25, 0.3) is 11.2 Å². The molecule has 3 aromatic rings. The zero-order chi connectivity index (χ0) is 23.5. The van der Waals surface area contributed by atoms with Crippen molar-refractivity contribution in [3.8, 4) is 5.75 Å². The molecule has 13 heteroatoms. The molecule has 1 fully saturated rings. The standard InChI is InChI=1S/C20H24N6O7/c21-17-14-18(26(9-23-14)19-16(31)15(30)12(7-27)33-19)25-20(24-17)22-6-5-10-1-3-11(4-2-10)32-8-13(28)29/h1-4,9,12,15-16,19,27,30-31H,5-8H2,(H,28,29)(H3,21,22,24,25)/t12-,15?,16?,19-/m1/s1. The number of nitrogen functional groups attached to an aromatic ring is 1. The van der Waals surface area contributed by atoms with Crippen LogP contribution >= 0.6 is 0 Å². The Bertz CT molecular complexity index is 1120. The maximum absolute atomic E-state index is 10.6. The van der Waals surface area contributed by atoms with Crippen LogP contribution in [0.4, 0.5) is 11.8 Å². The van der Waals surface area contributed by atoms with E-state index >= 15 is 0 Å². The second-order valence-corrected chi connectivity index (χ2v) is 7.49. The third kappa shape index (κ3) is 4.80. The Morgan fingerprint density at radius 2 is 1.97 bits per heavy atom. The van der Waals surface area contributed by atoms with Crippen molar-refractivity contribution in [1.29, 1.82) is 0 Å². The molecule has 33 heavy (non-hydrogen) atoms. The second-order valence-electron chi connectivity index (χ2n) is 7.49. The number of carboxylic acids is 1. The van der Waals surface area contributed by atoms with Crippen LogP contribution in [0.15, 0.2) is 30.6 Å². The summed E-state index contributed by atoms with van der Waals surface area (Å²) in [5, 5.41) is 41.4. The molecule has 176 valence electrons. The fraction of sp³-hybridized carbons (Fsp3) is 0.400. The summed E-state index contributed by atoms with van der Waals surface area (Å²) >= 11 is 0. The summed E-state index contributed by atoms with van der Waals surface area (Å²) in [6, 6.07) is 7.04. The SMILES string of the molecule is Nc1nc(NCCc2ccc(OCC(=O)O)cc2)nc2c1ncn2[C@@H]1O[C@H](CO)C(O)C1O. The van der Waals surface area contributed by atoms with Gasteiger partial charge in [0.25, 0.3) is 0 Å². The summed E-state index contributed by atoms with van der Waals surface area (Å²) in [4.78, 5) is 23.4. The van der Waals surface area contributed by atoms with Crippen molar-refractivity contribution in [2.45, 2.75) is 31.0 Å². The van der Waals surface area contributed by atoms with E-state index in [4.69, 9.17) is 20.3 Å². The van der Waals surface area contributed by atoms with Gasteiger partial charge in [-0.15, -0.1) is 0 Å². The van der Waals surface area contributed by atoms with E-state index < -0.39 is 43.7 Å². The molecule has 1 aromatic carbocycles. The van der Waals surface area contributed by atoms with Crippen LogP contribution in [0.5, 0.6) is 5.75 Å². The smallest absolute Gasteiger partial charge is 0.341 e. The number of ether oxygens (including phenoxy) is 2. The topological polar surface area (TPSA) is 198 Å². The number of rotatable bonds is 9. The molecule has 1 saturated heterocycles. The van der Waals surface area contributed by atoms with Crippen molar-refractivity contribution in [3.05, 3.63) is 36.2 Å². The number of hydrogen-bond acceptors (Lipinski definition) is 11. The number of nitrogens with zero attached hydrogens (tertiary/aromatic N) is 4. The molecule has 0 radical (unpaired) electrons. The van der Waals surface area contributed by atoms with Gasteiger partial charge in [0.1, 0.15) is 29.6 Å². The fourth-order valence-corrected chi connectivity index (χ4v) is 3.53. The lowest BCUT2D eigenvalue weighted by Gasteiger charge is -2.16. The summed E-state index contributed by atoms with van der Waals surface area (Å²) in [6.07, 6.45) is -2.46. The first-order valence-electron chi connectivity index (χ1n) is 10.2. The predicted octanol–water partition coefficient (Wildman–Crippen LogP) is -0.862. The highest BCUT2D eigenvalue weighted by atomic mass is 16.6.